The molecule has 1 aromatic carbocycles. The highest BCUT2D eigenvalue weighted by atomic mass is 79.9. The van der Waals surface area contributed by atoms with Crippen LogP contribution in [0.1, 0.15) is 49.5 Å². The number of nitrogens with one attached hydrogen (secondary N) is 1. The Hall–Kier alpha value is -1.63. The Morgan fingerprint density at radius 2 is 1.88 bits per heavy atom. The molecule has 138 valence electrons. The molecule has 2 rings (SSSR count). The maximum Gasteiger partial charge on any atom is 0.407 e. The number of benzene rings is 1. The van der Waals surface area contributed by atoms with Crippen LogP contribution in [0, 0.1) is 12.7 Å². The Morgan fingerprint density at radius 1 is 1.28 bits per heavy atom. The molecule has 0 bridgehead atoms. The average molecular weight is 415 g/mol. The first-order valence-electron chi connectivity index (χ1n) is 8.31. The lowest BCUT2D eigenvalue weighted by Gasteiger charge is -2.33. The summed E-state index contributed by atoms with van der Waals surface area (Å²) in [6, 6.07) is 2.85. The fourth-order valence-corrected chi connectivity index (χ4v) is 3.31. The van der Waals surface area contributed by atoms with Gasteiger partial charge in [-0.15, -0.1) is 0 Å². The van der Waals surface area contributed by atoms with Gasteiger partial charge in [-0.3, -0.25) is 4.79 Å². The first kappa shape index (κ1) is 19.7. The Kier molecular flexibility index (Phi) is 6.08. The second-order valence-corrected chi connectivity index (χ2v) is 8.15. The van der Waals surface area contributed by atoms with Crippen LogP contribution in [-0.2, 0) is 4.74 Å². The third-order valence-electron chi connectivity index (χ3n) is 3.98. The second-order valence-electron chi connectivity index (χ2n) is 7.29. The Labute approximate surface area is 156 Å². The molecule has 1 aliphatic rings. The van der Waals surface area contributed by atoms with Gasteiger partial charge in [0.2, 0.25) is 0 Å². The topological polar surface area (TPSA) is 58.6 Å². The van der Waals surface area contributed by atoms with Crippen LogP contribution in [0.25, 0.3) is 0 Å². The first-order valence-corrected chi connectivity index (χ1v) is 9.10. The zero-order valence-corrected chi connectivity index (χ0v) is 16.6. The molecule has 7 heteroatoms. The Morgan fingerprint density at radius 3 is 2.44 bits per heavy atom. The minimum absolute atomic E-state index is 0.0305. The van der Waals surface area contributed by atoms with Crippen molar-refractivity contribution in [1.29, 1.82) is 0 Å². The number of aryl methyl sites for hydroxylation is 1. The van der Waals surface area contributed by atoms with E-state index in [1.807, 2.05) is 20.8 Å². The van der Waals surface area contributed by atoms with E-state index < -0.39 is 17.5 Å². The number of likely N-dealkylation sites (tertiary alicyclic amines) is 1. The van der Waals surface area contributed by atoms with Crippen LogP contribution in [0.3, 0.4) is 0 Å². The van der Waals surface area contributed by atoms with Gasteiger partial charge in [0.25, 0.3) is 5.91 Å². The molecule has 0 atom stereocenters. The zero-order valence-electron chi connectivity index (χ0n) is 15.0. The smallest absolute Gasteiger partial charge is 0.407 e. The molecule has 1 aromatic rings. The molecule has 1 fully saturated rings. The fourth-order valence-electron chi connectivity index (χ4n) is 2.68. The monoisotopic (exact) mass is 414 g/mol. The zero-order chi connectivity index (χ0) is 18.8. The van der Waals surface area contributed by atoms with Gasteiger partial charge < -0.3 is 15.0 Å². The van der Waals surface area contributed by atoms with Gasteiger partial charge in [0.15, 0.2) is 0 Å². The summed E-state index contributed by atoms with van der Waals surface area (Å²) in [5.74, 6) is -0.602. The highest BCUT2D eigenvalue weighted by Gasteiger charge is 2.27. The molecule has 1 saturated heterocycles. The van der Waals surface area contributed by atoms with E-state index in [4.69, 9.17) is 4.74 Å². The molecule has 5 nitrogen and oxygen atoms in total. The van der Waals surface area contributed by atoms with E-state index in [9.17, 15) is 14.0 Å². The number of piperidine rings is 1. The maximum atomic E-state index is 13.8. The molecule has 25 heavy (non-hydrogen) atoms. The third-order valence-corrected chi connectivity index (χ3v) is 4.64. The number of hydrogen-bond donors (Lipinski definition) is 1. The van der Waals surface area contributed by atoms with E-state index in [2.05, 4.69) is 21.2 Å². The summed E-state index contributed by atoms with van der Waals surface area (Å²) in [5.41, 5.74) is 0.271. The quantitative estimate of drug-likeness (QED) is 0.794. The third kappa shape index (κ3) is 5.42. The van der Waals surface area contributed by atoms with Gasteiger partial charge in [0.1, 0.15) is 11.4 Å². The molecule has 2 amide bonds. The number of carbonyl (C=O) groups excluding carboxylic acids is 2. The predicted octanol–water partition coefficient (Wildman–Crippen LogP) is 4.03. The standard InChI is InChI=1S/C18H24BrFN2O3/c1-11-9-14(19)13(10-15(11)20)16(23)22-7-5-12(6-8-22)21-17(24)25-18(2,3)4/h9-10,12H,5-8H2,1-4H3,(H,21,24). The molecule has 1 N–H and O–H groups in total. The van der Waals surface area contributed by atoms with Gasteiger partial charge in [-0.2, -0.15) is 0 Å². The average Bonchev–Trinajstić information content (AvgIpc) is 2.49. The van der Waals surface area contributed by atoms with Gasteiger partial charge in [0, 0.05) is 23.6 Å². The van der Waals surface area contributed by atoms with Crippen molar-refractivity contribution >= 4 is 27.9 Å². The van der Waals surface area contributed by atoms with Crippen molar-refractivity contribution in [2.24, 2.45) is 0 Å². The van der Waals surface area contributed by atoms with Gasteiger partial charge in [-0.05, 0) is 74.2 Å². The molecular formula is C18H24BrFN2O3. The molecule has 1 heterocycles. The molecule has 0 saturated carbocycles. The lowest BCUT2D eigenvalue weighted by molar-refractivity contribution is 0.0473. The summed E-state index contributed by atoms with van der Waals surface area (Å²) >= 11 is 3.33. The van der Waals surface area contributed by atoms with E-state index in [0.29, 0.717) is 41.5 Å². The lowest BCUT2D eigenvalue weighted by atomic mass is 10.0. The number of halogens is 2. The summed E-state index contributed by atoms with van der Waals surface area (Å²) in [4.78, 5) is 26.1. The van der Waals surface area contributed by atoms with Gasteiger partial charge in [-0.25, -0.2) is 9.18 Å². The summed E-state index contributed by atoms with van der Waals surface area (Å²) in [6.45, 7) is 8.09. The van der Waals surface area contributed by atoms with Crippen molar-refractivity contribution in [2.45, 2.75) is 52.2 Å². The number of amides is 2. The van der Waals surface area contributed by atoms with Crippen molar-refractivity contribution in [3.05, 3.63) is 33.5 Å². The minimum Gasteiger partial charge on any atom is -0.444 e. The van der Waals surface area contributed by atoms with Crippen LogP contribution in [0.4, 0.5) is 9.18 Å². The Balaban J connectivity index is 1.93. The van der Waals surface area contributed by atoms with Crippen molar-refractivity contribution in [1.82, 2.24) is 10.2 Å². The molecule has 0 aromatic heterocycles. The first-order chi connectivity index (χ1) is 11.6. The number of ether oxygens (including phenoxy) is 1. The second kappa shape index (κ2) is 7.72. The normalized spacial score (nSPS) is 15.8. The molecule has 0 unspecified atom stereocenters. The lowest BCUT2D eigenvalue weighted by Crippen LogP contribution is -2.47. The minimum atomic E-state index is -0.539. The van der Waals surface area contributed by atoms with Crippen LogP contribution in [0.15, 0.2) is 16.6 Å². The molecule has 0 spiro atoms. The summed E-state index contributed by atoms with van der Waals surface area (Å²) in [7, 11) is 0. The van der Waals surface area contributed by atoms with Crippen LogP contribution in [0.5, 0.6) is 0 Å². The highest BCUT2D eigenvalue weighted by molar-refractivity contribution is 9.10. The van der Waals surface area contributed by atoms with E-state index in [1.54, 1.807) is 17.9 Å². The molecular weight excluding hydrogens is 391 g/mol. The SMILES string of the molecule is Cc1cc(Br)c(C(=O)N2CCC(NC(=O)OC(C)(C)C)CC2)cc1F. The van der Waals surface area contributed by atoms with Crippen molar-refractivity contribution < 1.29 is 18.7 Å². The van der Waals surface area contributed by atoms with Gasteiger partial charge in [0.05, 0.1) is 5.56 Å². The number of carbonyl (C=O) groups is 2. The van der Waals surface area contributed by atoms with E-state index in [-0.39, 0.29) is 11.9 Å². The molecule has 0 radical (unpaired) electrons. The van der Waals surface area contributed by atoms with E-state index in [0.717, 1.165) is 0 Å². The van der Waals surface area contributed by atoms with Crippen LogP contribution < -0.4 is 5.32 Å². The van der Waals surface area contributed by atoms with Crippen molar-refractivity contribution in [2.75, 3.05) is 13.1 Å². The van der Waals surface area contributed by atoms with Gasteiger partial charge >= 0.3 is 6.09 Å². The number of hydrogen-bond acceptors (Lipinski definition) is 3. The van der Waals surface area contributed by atoms with Crippen LogP contribution >= 0.6 is 15.9 Å². The summed E-state index contributed by atoms with van der Waals surface area (Å²) < 4.78 is 19.6. The fraction of sp³-hybridized carbons (Fsp3) is 0.556. The van der Waals surface area contributed by atoms with E-state index in [1.165, 1.54) is 6.07 Å². The number of rotatable bonds is 2. The van der Waals surface area contributed by atoms with Gasteiger partial charge in [-0.1, -0.05) is 0 Å². The highest BCUT2D eigenvalue weighted by Crippen LogP contribution is 2.24. The summed E-state index contributed by atoms with van der Waals surface area (Å²) in [6.07, 6.45) is 0.828. The number of alkyl carbamates (subject to hydrolysis) is 1. The van der Waals surface area contributed by atoms with Crippen molar-refractivity contribution in [3.8, 4) is 0 Å². The molecule has 0 aliphatic carbocycles. The maximum absolute atomic E-state index is 13.8. The predicted molar refractivity (Wildman–Crippen MR) is 97.1 cm³/mol. The van der Waals surface area contributed by atoms with Crippen molar-refractivity contribution in [3.63, 3.8) is 0 Å². The molecule has 1 aliphatic heterocycles. The van der Waals surface area contributed by atoms with Crippen LogP contribution in [-0.4, -0.2) is 41.6 Å². The largest absolute Gasteiger partial charge is 0.444 e. The Bertz CT molecular complexity index is 665. The summed E-state index contributed by atoms with van der Waals surface area (Å²) in [5, 5.41) is 2.83. The van der Waals surface area contributed by atoms with Crippen LogP contribution in [0.2, 0.25) is 0 Å². The number of nitrogens with zero attached hydrogens (tertiary/aromatic N) is 1. The van der Waals surface area contributed by atoms with E-state index >= 15 is 0 Å².